The lowest BCUT2D eigenvalue weighted by atomic mass is 9.54. The number of esters is 1. The van der Waals surface area contributed by atoms with Gasteiger partial charge in [0.2, 0.25) is 0 Å². The Labute approximate surface area is 282 Å². The lowest BCUT2D eigenvalue weighted by Crippen LogP contribution is -2.68. The minimum absolute atomic E-state index is 0.0517. The molecule has 1 aromatic heterocycles. The molecule has 2 aromatic carbocycles. The molecular formula is C34H36BrF5N4O4. The van der Waals surface area contributed by atoms with Gasteiger partial charge in [0, 0.05) is 15.4 Å². The number of carbonyl (C=O) groups is 2. The van der Waals surface area contributed by atoms with Crippen molar-refractivity contribution >= 4 is 50.2 Å². The van der Waals surface area contributed by atoms with Crippen LogP contribution in [-0.4, -0.2) is 59.4 Å². The van der Waals surface area contributed by atoms with Crippen LogP contribution in [0.2, 0.25) is 0 Å². The molecule has 3 aromatic rings. The summed E-state index contributed by atoms with van der Waals surface area (Å²) < 4.78 is 78.6. The van der Waals surface area contributed by atoms with Gasteiger partial charge >= 0.3 is 12.3 Å². The first-order valence-electron chi connectivity index (χ1n) is 15.7. The van der Waals surface area contributed by atoms with Gasteiger partial charge in [0.1, 0.15) is 11.4 Å². The monoisotopic (exact) mass is 738 g/mol. The molecule has 3 aliphatic carbocycles. The van der Waals surface area contributed by atoms with Crippen molar-refractivity contribution in [3.63, 3.8) is 0 Å². The fourth-order valence-electron chi connectivity index (χ4n) is 7.24. The predicted molar refractivity (Wildman–Crippen MR) is 173 cm³/mol. The zero-order valence-corrected chi connectivity index (χ0v) is 28.4. The van der Waals surface area contributed by atoms with E-state index in [1.165, 1.54) is 23.1 Å². The third-order valence-corrected chi connectivity index (χ3v) is 10.0. The summed E-state index contributed by atoms with van der Waals surface area (Å²) >= 11 is 3.46. The molecule has 1 aliphatic heterocycles. The highest BCUT2D eigenvalue weighted by Gasteiger charge is 2.59. The van der Waals surface area contributed by atoms with E-state index in [9.17, 15) is 31.5 Å². The number of carbonyl (C=O) groups excluding carboxylic acids is 2. The van der Waals surface area contributed by atoms with Gasteiger partial charge in [-0.25, -0.2) is 13.8 Å². The van der Waals surface area contributed by atoms with Crippen molar-refractivity contribution in [3.05, 3.63) is 58.1 Å². The van der Waals surface area contributed by atoms with E-state index < -0.39 is 65.6 Å². The summed E-state index contributed by atoms with van der Waals surface area (Å²) in [7, 11) is 0. The molecule has 258 valence electrons. The maximum absolute atomic E-state index is 14.5. The molecule has 2 bridgehead atoms. The highest BCUT2D eigenvalue weighted by Crippen LogP contribution is 2.55. The van der Waals surface area contributed by atoms with Crippen LogP contribution in [0.4, 0.5) is 33.5 Å². The molecule has 2 N–H and O–H groups in total. The molecule has 2 heterocycles. The Kier molecular flexibility index (Phi) is 8.36. The number of rotatable bonds is 7. The second-order valence-electron chi connectivity index (χ2n) is 14.1. The number of hydrogen-bond acceptors (Lipinski definition) is 7. The molecule has 4 aliphatic rings. The Bertz CT molecular complexity index is 1760. The molecule has 4 fully saturated rings. The molecule has 0 spiro atoms. The van der Waals surface area contributed by atoms with E-state index in [0.717, 1.165) is 0 Å². The largest absolute Gasteiger partial charge is 0.573 e. The number of alkyl halides is 5. The minimum Gasteiger partial charge on any atom is -0.460 e. The Morgan fingerprint density at radius 2 is 1.69 bits per heavy atom. The molecule has 7 rings (SSSR count). The van der Waals surface area contributed by atoms with Gasteiger partial charge in [-0.3, -0.25) is 9.59 Å². The first kappa shape index (κ1) is 34.2. The van der Waals surface area contributed by atoms with Crippen molar-refractivity contribution in [1.82, 2.24) is 10.3 Å². The molecule has 14 heteroatoms. The van der Waals surface area contributed by atoms with Gasteiger partial charge in [-0.1, -0.05) is 28.1 Å². The van der Waals surface area contributed by atoms with Crippen LogP contribution in [0.3, 0.4) is 0 Å². The predicted octanol–water partition coefficient (Wildman–Crippen LogP) is 7.91. The Balaban J connectivity index is 1.39. The first-order valence-corrected chi connectivity index (χ1v) is 16.5. The SMILES string of the molecule is Cc1c(N2CC(F)(F)C2)nc2ccc(Br)cc2c1C(=O)NC12CCC(C(=O)OC(C)(C)C)(CC1)CC2Nc1ccccc1OC(F)(F)F. The van der Waals surface area contributed by atoms with Crippen LogP contribution in [0.5, 0.6) is 5.75 Å². The zero-order chi connectivity index (χ0) is 34.9. The van der Waals surface area contributed by atoms with E-state index in [-0.39, 0.29) is 23.5 Å². The van der Waals surface area contributed by atoms with Crippen LogP contribution in [0.1, 0.15) is 68.8 Å². The number of benzene rings is 2. The molecule has 0 radical (unpaired) electrons. The summed E-state index contributed by atoms with van der Waals surface area (Å²) in [5.74, 6) is -3.90. The summed E-state index contributed by atoms with van der Waals surface area (Å²) in [4.78, 5) is 34.2. The Hall–Kier alpha value is -3.68. The first-order chi connectivity index (χ1) is 22.3. The maximum Gasteiger partial charge on any atom is 0.573 e. The van der Waals surface area contributed by atoms with Crippen molar-refractivity contribution in [1.29, 1.82) is 0 Å². The third-order valence-electron chi connectivity index (χ3n) is 9.53. The summed E-state index contributed by atoms with van der Waals surface area (Å²) in [5, 5.41) is 6.93. The molecule has 1 unspecified atom stereocenters. The van der Waals surface area contributed by atoms with Gasteiger partial charge in [0.15, 0.2) is 5.75 Å². The van der Waals surface area contributed by atoms with Crippen LogP contribution < -0.4 is 20.3 Å². The Morgan fingerprint density at radius 3 is 2.31 bits per heavy atom. The van der Waals surface area contributed by atoms with E-state index in [2.05, 4.69) is 36.3 Å². The molecule has 8 nitrogen and oxygen atoms in total. The highest BCUT2D eigenvalue weighted by atomic mass is 79.9. The molecule has 1 atom stereocenters. The number of para-hydroxylation sites is 2. The van der Waals surface area contributed by atoms with Gasteiger partial charge in [0.25, 0.3) is 11.8 Å². The van der Waals surface area contributed by atoms with E-state index in [1.807, 2.05) is 0 Å². The standard InChI is InChI=1S/C34H36BrF5N4O4/c1-19-26(21-15-20(35)9-10-22(21)42-27(19)44-17-33(36,37)18-44)28(45)43-32-13-11-31(12-14-32,29(46)48-30(2,3)4)16-25(32)41-23-7-5-6-8-24(23)47-34(38,39)40/h5-10,15,25,41H,11-14,16-18H2,1-4H3,(H,43,45). The van der Waals surface area contributed by atoms with Crippen molar-refractivity contribution in [3.8, 4) is 5.75 Å². The Morgan fingerprint density at radius 1 is 1.02 bits per heavy atom. The van der Waals surface area contributed by atoms with Gasteiger partial charge in [-0.05, 0) is 90.1 Å². The number of hydrogen-bond donors (Lipinski definition) is 2. The number of amides is 1. The summed E-state index contributed by atoms with van der Waals surface area (Å²) in [6.45, 7) is 5.94. The van der Waals surface area contributed by atoms with Gasteiger partial charge in [-0.15, -0.1) is 13.2 Å². The average molecular weight is 740 g/mol. The van der Waals surface area contributed by atoms with Crippen LogP contribution in [0.15, 0.2) is 46.9 Å². The van der Waals surface area contributed by atoms with E-state index in [0.29, 0.717) is 46.6 Å². The number of nitrogens with one attached hydrogen (secondary N) is 2. The molecule has 3 saturated carbocycles. The van der Waals surface area contributed by atoms with Gasteiger partial charge in [0.05, 0.1) is 46.9 Å². The molecule has 48 heavy (non-hydrogen) atoms. The average Bonchev–Trinajstić information content (AvgIpc) is 2.96. The van der Waals surface area contributed by atoms with Crippen molar-refractivity contribution in [2.45, 2.75) is 89.3 Å². The van der Waals surface area contributed by atoms with Crippen molar-refractivity contribution < 1.29 is 41.0 Å². The second kappa shape index (κ2) is 11.7. The number of ether oxygens (including phenoxy) is 2. The van der Waals surface area contributed by atoms with E-state index >= 15 is 0 Å². The highest BCUT2D eigenvalue weighted by molar-refractivity contribution is 9.10. The van der Waals surface area contributed by atoms with Crippen LogP contribution >= 0.6 is 15.9 Å². The number of aromatic nitrogens is 1. The van der Waals surface area contributed by atoms with E-state index in [4.69, 9.17) is 4.74 Å². The summed E-state index contributed by atoms with van der Waals surface area (Å²) in [6, 6.07) is 10.1. The van der Waals surface area contributed by atoms with Gasteiger partial charge < -0.3 is 25.0 Å². The van der Waals surface area contributed by atoms with Crippen LogP contribution in [0.25, 0.3) is 10.9 Å². The topological polar surface area (TPSA) is 92.8 Å². The number of nitrogens with zero attached hydrogens (tertiary/aromatic N) is 2. The smallest absolute Gasteiger partial charge is 0.460 e. The van der Waals surface area contributed by atoms with Gasteiger partial charge in [-0.2, -0.15) is 0 Å². The fraction of sp³-hybridized carbons (Fsp3) is 0.500. The zero-order valence-electron chi connectivity index (χ0n) is 26.9. The maximum atomic E-state index is 14.5. The molecular weight excluding hydrogens is 703 g/mol. The quantitative estimate of drug-likeness (QED) is 0.188. The normalized spacial score (nSPS) is 25.0. The lowest BCUT2D eigenvalue weighted by Gasteiger charge is -2.57. The number of anilines is 2. The lowest BCUT2D eigenvalue weighted by molar-refractivity contribution is -0.274. The number of fused-ring (bicyclic) bond motifs is 4. The fourth-order valence-corrected chi connectivity index (χ4v) is 7.61. The second-order valence-corrected chi connectivity index (χ2v) is 15.1. The van der Waals surface area contributed by atoms with Crippen LogP contribution in [0, 0.1) is 12.3 Å². The van der Waals surface area contributed by atoms with Crippen molar-refractivity contribution in [2.75, 3.05) is 23.3 Å². The van der Waals surface area contributed by atoms with Crippen molar-refractivity contribution in [2.24, 2.45) is 5.41 Å². The third kappa shape index (κ3) is 6.64. The summed E-state index contributed by atoms with van der Waals surface area (Å²) in [5.41, 5.74) is -1.49. The van der Waals surface area contributed by atoms with E-state index in [1.54, 1.807) is 52.0 Å². The summed E-state index contributed by atoms with van der Waals surface area (Å²) in [6.07, 6.45) is -3.34. The molecule has 1 amide bonds. The minimum atomic E-state index is -4.95. The molecule has 1 saturated heterocycles. The number of pyridine rings is 1. The van der Waals surface area contributed by atoms with Crippen LogP contribution in [-0.2, 0) is 9.53 Å². The number of halogens is 6.